The van der Waals surface area contributed by atoms with E-state index >= 15 is 0 Å². The van der Waals surface area contributed by atoms with Crippen molar-refractivity contribution in [2.75, 3.05) is 0 Å². The van der Waals surface area contributed by atoms with Crippen LogP contribution in [0.4, 0.5) is 0 Å². The monoisotopic (exact) mass is 325 g/mol. The Morgan fingerprint density at radius 2 is 2.04 bits per heavy atom. The van der Waals surface area contributed by atoms with Crippen LogP contribution in [0.2, 0.25) is 0 Å². The third kappa shape index (κ3) is 2.59. The Morgan fingerprint density at radius 1 is 1.13 bits per heavy atom. The van der Waals surface area contributed by atoms with Crippen LogP contribution in [-0.4, -0.2) is 29.9 Å². The third-order valence-corrected chi connectivity index (χ3v) is 4.04. The van der Waals surface area contributed by atoms with Gasteiger partial charge in [0.25, 0.3) is 0 Å². The van der Waals surface area contributed by atoms with Crippen molar-refractivity contribution in [3.8, 4) is 22.9 Å². The normalized spacial score (nSPS) is 11.0. The molecule has 3 heterocycles. The highest BCUT2D eigenvalue weighted by atomic mass is 32.1. The first kappa shape index (κ1) is 13.6. The number of fused-ring (bicyclic) bond motifs is 1. The van der Waals surface area contributed by atoms with Gasteiger partial charge in [-0.15, -0.1) is 10.2 Å². The van der Waals surface area contributed by atoms with Gasteiger partial charge in [0.05, 0.1) is 0 Å². The van der Waals surface area contributed by atoms with Crippen LogP contribution in [0.1, 0.15) is 5.01 Å². The molecule has 0 amide bonds. The fourth-order valence-electron chi connectivity index (χ4n) is 2.11. The Hall–Kier alpha value is -3.00. The average molecular weight is 325 g/mol. The van der Waals surface area contributed by atoms with E-state index in [9.17, 15) is 5.11 Å². The first-order valence-electron chi connectivity index (χ1n) is 6.83. The lowest BCUT2D eigenvalue weighted by Crippen LogP contribution is -1.97. The van der Waals surface area contributed by atoms with Gasteiger partial charge in [0, 0.05) is 18.0 Å². The second-order valence-corrected chi connectivity index (χ2v) is 5.75. The Balaban J connectivity index is 1.60. The highest BCUT2D eigenvalue weighted by Gasteiger charge is 2.14. The number of phenols is 1. The van der Waals surface area contributed by atoms with Crippen molar-refractivity contribution < 1.29 is 9.84 Å². The van der Waals surface area contributed by atoms with E-state index in [0.29, 0.717) is 16.5 Å². The largest absolute Gasteiger partial charge is 0.504 e. The maximum Gasteiger partial charge on any atom is 0.235 e. The molecule has 0 spiro atoms. The van der Waals surface area contributed by atoms with Gasteiger partial charge < -0.3 is 9.84 Å². The summed E-state index contributed by atoms with van der Waals surface area (Å²) in [7, 11) is 0. The summed E-state index contributed by atoms with van der Waals surface area (Å²) in [6.07, 6.45) is 3.42. The SMILES string of the molecule is Oc1ccccc1OCc1nn2c(-c3cccnc3)nnc2s1. The lowest BCUT2D eigenvalue weighted by molar-refractivity contribution is 0.287. The summed E-state index contributed by atoms with van der Waals surface area (Å²) < 4.78 is 7.26. The van der Waals surface area contributed by atoms with Crippen molar-refractivity contribution in [3.05, 3.63) is 53.8 Å². The summed E-state index contributed by atoms with van der Waals surface area (Å²) in [4.78, 5) is 4.76. The van der Waals surface area contributed by atoms with Crippen LogP contribution < -0.4 is 4.74 Å². The van der Waals surface area contributed by atoms with Crippen molar-refractivity contribution >= 4 is 16.3 Å². The van der Waals surface area contributed by atoms with E-state index in [1.807, 2.05) is 12.1 Å². The first-order chi connectivity index (χ1) is 11.3. The number of phenolic OH excluding ortho intramolecular Hbond substituents is 1. The highest BCUT2D eigenvalue weighted by Crippen LogP contribution is 2.26. The van der Waals surface area contributed by atoms with E-state index < -0.39 is 0 Å². The fraction of sp³-hybridized carbons (Fsp3) is 0.0667. The number of pyridine rings is 1. The molecule has 23 heavy (non-hydrogen) atoms. The van der Waals surface area contributed by atoms with Crippen molar-refractivity contribution in [1.29, 1.82) is 0 Å². The maximum atomic E-state index is 9.70. The Kier molecular flexibility index (Phi) is 3.35. The number of para-hydroxylation sites is 2. The Bertz CT molecular complexity index is 951. The number of rotatable bonds is 4. The molecule has 0 fully saturated rings. The van der Waals surface area contributed by atoms with Crippen molar-refractivity contribution in [3.63, 3.8) is 0 Å². The molecule has 0 atom stereocenters. The highest BCUT2D eigenvalue weighted by molar-refractivity contribution is 7.16. The molecular weight excluding hydrogens is 314 g/mol. The number of ether oxygens (including phenoxy) is 1. The topological polar surface area (TPSA) is 85.4 Å². The Morgan fingerprint density at radius 3 is 2.87 bits per heavy atom. The van der Waals surface area contributed by atoms with Crippen LogP contribution in [0.25, 0.3) is 16.3 Å². The van der Waals surface area contributed by atoms with Gasteiger partial charge in [-0.25, -0.2) is 0 Å². The molecule has 0 aliphatic rings. The van der Waals surface area contributed by atoms with Crippen LogP contribution >= 0.6 is 11.3 Å². The molecular formula is C15H11N5O2S. The quantitative estimate of drug-likeness (QED) is 0.620. The lowest BCUT2D eigenvalue weighted by atomic mass is 10.3. The van der Waals surface area contributed by atoms with Gasteiger partial charge in [0.2, 0.25) is 4.96 Å². The summed E-state index contributed by atoms with van der Waals surface area (Å²) >= 11 is 1.39. The van der Waals surface area contributed by atoms with E-state index in [1.165, 1.54) is 11.3 Å². The van der Waals surface area contributed by atoms with E-state index in [2.05, 4.69) is 20.3 Å². The van der Waals surface area contributed by atoms with Crippen LogP contribution in [0.15, 0.2) is 48.8 Å². The molecule has 4 rings (SSSR count). The second kappa shape index (κ2) is 5.65. The standard InChI is InChI=1S/C15H11N5O2S/c21-11-5-1-2-6-12(11)22-9-13-19-20-14(17-18-15(20)23-13)10-4-3-7-16-8-10/h1-8,21H,9H2. The van der Waals surface area contributed by atoms with Gasteiger partial charge in [-0.2, -0.15) is 9.61 Å². The summed E-state index contributed by atoms with van der Waals surface area (Å²) in [5.41, 5.74) is 0.846. The number of nitrogens with zero attached hydrogens (tertiary/aromatic N) is 5. The minimum absolute atomic E-state index is 0.103. The third-order valence-electron chi connectivity index (χ3n) is 3.17. The van der Waals surface area contributed by atoms with E-state index in [-0.39, 0.29) is 12.4 Å². The van der Waals surface area contributed by atoms with Gasteiger partial charge in [-0.1, -0.05) is 23.5 Å². The predicted octanol–water partition coefficient (Wildman–Crippen LogP) is 2.53. The first-order valence-corrected chi connectivity index (χ1v) is 7.65. The second-order valence-electron chi connectivity index (χ2n) is 4.71. The summed E-state index contributed by atoms with van der Waals surface area (Å²) in [5, 5.41) is 23.2. The molecule has 0 unspecified atom stereocenters. The minimum atomic E-state index is 0.103. The van der Waals surface area contributed by atoms with Gasteiger partial charge in [-0.3, -0.25) is 4.98 Å². The summed E-state index contributed by atoms with van der Waals surface area (Å²) in [5.74, 6) is 1.16. The van der Waals surface area contributed by atoms with Crippen molar-refractivity contribution in [2.24, 2.45) is 0 Å². The zero-order valence-electron chi connectivity index (χ0n) is 11.8. The van der Waals surface area contributed by atoms with Gasteiger partial charge in [-0.05, 0) is 24.3 Å². The minimum Gasteiger partial charge on any atom is -0.504 e. The molecule has 0 bridgehead atoms. The van der Waals surface area contributed by atoms with Crippen LogP contribution in [0, 0.1) is 0 Å². The molecule has 0 aliphatic carbocycles. The fourth-order valence-corrected chi connectivity index (χ4v) is 2.86. The van der Waals surface area contributed by atoms with Gasteiger partial charge >= 0.3 is 0 Å². The van der Waals surface area contributed by atoms with Crippen LogP contribution in [0.5, 0.6) is 11.5 Å². The predicted molar refractivity (Wildman–Crippen MR) is 84.3 cm³/mol. The average Bonchev–Trinajstić information content (AvgIpc) is 3.15. The number of benzene rings is 1. The van der Waals surface area contributed by atoms with Crippen molar-refractivity contribution in [2.45, 2.75) is 6.61 Å². The molecule has 0 radical (unpaired) electrons. The lowest BCUT2D eigenvalue weighted by Gasteiger charge is -2.04. The molecule has 1 aromatic carbocycles. The molecule has 8 heteroatoms. The molecule has 7 nitrogen and oxygen atoms in total. The molecule has 3 aromatic heterocycles. The zero-order chi connectivity index (χ0) is 15.6. The zero-order valence-corrected chi connectivity index (χ0v) is 12.6. The number of hydrogen-bond acceptors (Lipinski definition) is 7. The van der Waals surface area contributed by atoms with E-state index in [0.717, 1.165) is 10.6 Å². The number of hydrogen-bond donors (Lipinski definition) is 1. The summed E-state index contributed by atoms with van der Waals surface area (Å²) in [6.45, 7) is 0.248. The van der Waals surface area contributed by atoms with Gasteiger partial charge in [0.1, 0.15) is 6.61 Å². The molecule has 114 valence electrons. The number of aromatic nitrogens is 5. The van der Waals surface area contributed by atoms with Crippen molar-refractivity contribution in [1.82, 2.24) is 24.8 Å². The maximum absolute atomic E-state index is 9.70. The smallest absolute Gasteiger partial charge is 0.235 e. The van der Waals surface area contributed by atoms with Crippen LogP contribution in [0.3, 0.4) is 0 Å². The molecule has 4 aromatic rings. The molecule has 0 saturated heterocycles. The van der Waals surface area contributed by atoms with E-state index in [1.54, 1.807) is 41.2 Å². The number of aromatic hydroxyl groups is 1. The molecule has 0 aliphatic heterocycles. The van der Waals surface area contributed by atoms with Crippen LogP contribution in [-0.2, 0) is 6.61 Å². The van der Waals surface area contributed by atoms with Gasteiger partial charge in [0.15, 0.2) is 22.3 Å². The Labute approximate surface area is 134 Å². The molecule has 1 N–H and O–H groups in total. The summed E-state index contributed by atoms with van der Waals surface area (Å²) in [6, 6.07) is 10.6. The van der Waals surface area contributed by atoms with E-state index in [4.69, 9.17) is 4.74 Å². The molecule has 0 saturated carbocycles.